The Bertz CT molecular complexity index is 656. The fourth-order valence-corrected chi connectivity index (χ4v) is 2.17. The van der Waals surface area contributed by atoms with Crippen molar-refractivity contribution in [2.45, 2.75) is 6.92 Å². The molecular weight excluding hydrogens is 320 g/mol. The van der Waals surface area contributed by atoms with E-state index in [-0.39, 0.29) is 5.91 Å². The average molecular weight is 335 g/mol. The summed E-state index contributed by atoms with van der Waals surface area (Å²) in [6.07, 6.45) is 0. The zero-order valence-corrected chi connectivity index (χ0v) is 12.8. The summed E-state index contributed by atoms with van der Waals surface area (Å²) in [5.41, 5.74) is 8.43. The molecule has 3 N–H and O–H groups in total. The van der Waals surface area contributed by atoms with Crippen LogP contribution in [0.25, 0.3) is 0 Å². The van der Waals surface area contributed by atoms with Gasteiger partial charge in [-0.05, 0) is 36.8 Å². The molecule has 0 aliphatic carbocycles. The Morgan fingerprint density at radius 1 is 1.30 bits per heavy atom. The SMILES string of the molecule is COc1cccc(C(=O)Nc2ccc(C)c(Br)c2)c1N. The third-order valence-electron chi connectivity index (χ3n) is 2.96. The molecule has 5 heteroatoms. The number of benzene rings is 2. The summed E-state index contributed by atoms with van der Waals surface area (Å²) in [6, 6.07) is 10.7. The van der Waals surface area contributed by atoms with Gasteiger partial charge in [-0.3, -0.25) is 4.79 Å². The smallest absolute Gasteiger partial charge is 0.257 e. The predicted molar refractivity (Wildman–Crippen MR) is 84.2 cm³/mol. The Kier molecular flexibility index (Phi) is 4.29. The first-order chi connectivity index (χ1) is 9.52. The van der Waals surface area contributed by atoms with Crippen molar-refractivity contribution in [3.63, 3.8) is 0 Å². The van der Waals surface area contributed by atoms with Crippen LogP contribution in [0.15, 0.2) is 40.9 Å². The zero-order chi connectivity index (χ0) is 14.7. The number of halogens is 1. The molecular formula is C15H15BrN2O2. The molecule has 2 aromatic rings. The van der Waals surface area contributed by atoms with Crippen LogP contribution in [0.3, 0.4) is 0 Å². The number of carbonyl (C=O) groups excluding carboxylic acids is 1. The molecule has 2 rings (SSSR count). The highest BCUT2D eigenvalue weighted by Gasteiger charge is 2.13. The van der Waals surface area contributed by atoms with Gasteiger partial charge in [-0.25, -0.2) is 0 Å². The van der Waals surface area contributed by atoms with E-state index in [1.165, 1.54) is 7.11 Å². The Morgan fingerprint density at radius 2 is 2.05 bits per heavy atom. The Labute approximate surface area is 126 Å². The maximum atomic E-state index is 12.2. The van der Waals surface area contributed by atoms with Gasteiger partial charge in [0.05, 0.1) is 18.4 Å². The molecule has 0 unspecified atom stereocenters. The van der Waals surface area contributed by atoms with E-state index in [0.29, 0.717) is 22.7 Å². The van der Waals surface area contributed by atoms with E-state index in [1.807, 2.05) is 25.1 Å². The Hall–Kier alpha value is -2.01. The summed E-state index contributed by atoms with van der Waals surface area (Å²) in [7, 11) is 1.52. The van der Waals surface area contributed by atoms with Crippen molar-refractivity contribution in [3.05, 3.63) is 52.0 Å². The van der Waals surface area contributed by atoms with E-state index in [2.05, 4.69) is 21.2 Å². The lowest BCUT2D eigenvalue weighted by molar-refractivity contribution is 0.102. The highest BCUT2D eigenvalue weighted by atomic mass is 79.9. The normalized spacial score (nSPS) is 10.2. The van der Waals surface area contributed by atoms with E-state index in [1.54, 1.807) is 18.2 Å². The number of nitrogen functional groups attached to an aromatic ring is 1. The van der Waals surface area contributed by atoms with Crippen molar-refractivity contribution < 1.29 is 9.53 Å². The minimum absolute atomic E-state index is 0.267. The summed E-state index contributed by atoms with van der Waals surface area (Å²) in [6.45, 7) is 1.98. The second kappa shape index (κ2) is 5.96. The van der Waals surface area contributed by atoms with Crippen molar-refractivity contribution >= 4 is 33.2 Å². The van der Waals surface area contributed by atoms with Crippen LogP contribution in [-0.4, -0.2) is 13.0 Å². The number of hydrogen-bond donors (Lipinski definition) is 2. The lowest BCUT2D eigenvalue weighted by atomic mass is 10.1. The number of rotatable bonds is 3. The van der Waals surface area contributed by atoms with E-state index >= 15 is 0 Å². The van der Waals surface area contributed by atoms with Gasteiger partial charge in [0, 0.05) is 10.2 Å². The van der Waals surface area contributed by atoms with Gasteiger partial charge in [0.2, 0.25) is 0 Å². The number of ether oxygens (including phenoxy) is 1. The maximum Gasteiger partial charge on any atom is 0.257 e. The topological polar surface area (TPSA) is 64.3 Å². The van der Waals surface area contributed by atoms with Crippen molar-refractivity contribution in [1.82, 2.24) is 0 Å². The second-order valence-corrected chi connectivity index (χ2v) is 5.19. The van der Waals surface area contributed by atoms with E-state index < -0.39 is 0 Å². The van der Waals surface area contributed by atoms with Crippen LogP contribution in [0, 0.1) is 6.92 Å². The molecule has 0 fully saturated rings. The molecule has 4 nitrogen and oxygen atoms in total. The molecule has 0 atom stereocenters. The van der Waals surface area contributed by atoms with E-state index in [9.17, 15) is 4.79 Å². The summed E-state index contributed by atoms with van der Waals surface area (Å²) in [5.74, 6) is 0.222. The van der Waals surface area contributed by atoms with Crippen LogP contribution in [0.1, 0.15) is 15.9 Å². The van der Waals surface area contributed by atoms with Gasteiger partial charge in [0.25, 0.3) is 5.91 Å². The number of carbonyl (C=O) groups is 1. The van der Waals surface area contributed by atoms with Gasteiger partial charge in [-0.2, -0.15) is 0 Å². The molecule has 0 aromatic heterocycles. The third kappa shape index (κ3) is 2.93. The summed E-state index contributed by atoms with van der Waals surface area (Å²) in [5, 5.41) is 2.81. The standard InChI is InChI=1S/C15H15BrN2O2/c1-9-6-7-10(8-12(9)16)18-15(19)11-4-3-5-13(20-2)14(11)17/h3-8H,17H2,1-2H3,(H,18,19). The fraction of sp³-hybridized carbons (Fsp3) is 0.133. The van der Waals surface area contributed by atoms with Crippen LogP contribution < -0.4 is 15.8 Å². The minimum Gasteiger partial charge on any atom is -0.495 e. The lowest BCUT2D eigenvalue weighted by Crippen LogP contribution is -2.14. The third-order valence-corrected chi connectivity index (χ3v) is 3.81. The quantitative estimate of drug-likeness (QED) is 0.843. The predicted octanol–water partition coefficient (Wildman–Crippen LogP) is 3.60. The van der Waals surface area contributed by atoms with Crippen LogP contribution in [0.4, 0.5) is 11.4 Å². The molecule has 0 aliphatic heterocycles. The van der Waals surface area contributed by atoms with Gasteiger partial charge in [0.1, 0.15) is 5.75 Å². The van der Waals surface area contributed by atoms with Crippen molar-refractivity contribution in [2.24, 2.45) is 0 Å². The lowest BCUT2D eigenvalue weighted by Gasteiger charge is -2.11. The molecule has 0 heterocycles. The summed E-state index contributed by atoms with van der Waals surface area (Å²) in [4.78, 5) is 12.2. The average Bonchev–Trinajstić information content (AvgIpc) is 2.43. The molecule has 0 saturated heterocycles. The molecule has 0 saturated carbocycles. The molecule has 0 spiro atoms. The van der Waals surface area contributed by atoms with Gasteiger partial charge < -0.3 is 15.8 Å². The van der Waals surface area contributed by atoms with Crippen LogP contribution in [-0.2, 0) is 0 Å². The van der Waals surface area contributed by atoms with Gasteiger partial charge in [-0.15, -0.1) is 0 Å². The summed E-state index contributed by atoms with van der Waals surface area (Å²) < 4.78 is 6.05. The first kappa shape index (κ1) is 14.4. The second-order valence-electron chi connectivity index (χ2n) is 4.34. The molecule has 2 aromatic carbocycles. The van der Waals surface area contributed by atoms with Crippen LogP contribution in [0.5, 0.6) is 5.75 Å². The van der Waals surface area contributed by atoms with Gasteiger partial charge in [0.15, 0.2) is 0 Å². The molecule has 0 aliphatic rings. The molecule has 0 bridgehead atoms. The van der Waals surface area contributed by atoms with Crippen molar-refractivity contribution in [1.29, 1.82) is 0 Å². The molecule has 1 amide bonds. The Balaban J connectivity index is 2.26. The maximum absolute atomic E-state index is 12.2. The van der Waals surface area contributed by atoms with Gasteiger partial charge in [-0.1, -0.05) is 28.1 Å². The minimum atomic E-state index is -0.267. The number of amides is 1. The number of hydrogen-bond acceptors (Lipinski definition) is 3. The first-order valence-electron chi connectivity index (χ1n) is 6.03. The number of para-hydroxylation sites is 1. The molecule has 104 valence electrons. The van der Waals surface area contributed by atoms with Crippen LogP contribution in [0.2, 0.25) is 0 Å². The Morgan fingerprint density at radius 3 is 2.70 bits per heavy atom. The number of nitrogens with two attached hydrogens (primary N) is 1. The van der Waals surface area contributed by atoms with Crippen molar-refractivity contribution in [2.75, 3.05) is 18.2 Å². The van der Waals surface area contributed by atoms with Gasteiger partial charge >= 0.3 is 0 Å². The monoisotopic (exact) mass is 334 g/mol. The van der Waals surface area contributed by atoms with Crippen molar-refractivity contribution in [3.8, 4) is 5.75 Å². The number of nitrogens with one attached hydrogen (secondary N) is 1. The van der Waals surface area contributed by atoms with Crippen LogP contribution >= 0.6 is 15.9 Å². The zero-order valence-electron chi connectivity index (χ0n) is 11.2. The largest absolute Gasteiger partial charge is 0.495 e. The highest BCUT2D eigenvalue weighted by Crippen LogP contribution is 2.26. The number of aryl methyl sites for hydroxylation is 1. The number of methoxy groups -OCH3 is 1. The summed E-state index contributed by atoms with van der Waals surface area (Å²) >= 11 is 3.43. The first-order valence-corrected chi connectivity index (χ1v) is 6.82. The number of anilines is 2. The molecule has 20 heavy (non-hydrogen) atoms. The highest BCUT2D eigenvalue weighted by molar-refractivity contribution is 9.10. The van der Waals surface area contributed by atoms with E-state index in [4.69, 9.17) is 10.5 Å². The van der Waals surface area contributed by atoms with E-state index in [0.717, 1.165) is 10.0 Å². The fourth-order valence-electron chi connectivity index (χ4n) is 1.79. The molecule has 0 radical (unpaired) electrons.